The number of hydrogen-bond donors (Lipinski definition) is 2. The van der Waals surface area contributed by atoms with Gasteiger partial charge >= 0.3 is 0 Å². The zero-order valence-electron chi connectivity index (χ0n) is 11.2. The Labute approximate surface area is 114 Å². The molecule has 1 aliphatic rings. The molecule has 0 spiro atoms. The van der Waals surface area contributed by atoms with E-state index in [0.717, 1.165) is 23.8 Å². The predicted octanol–water partition coefficient (Wildman–Crippen LogP) is 4.07. The second-order valence-electron chi connectivity index (χ2n) is 5.41. The Hall–Kier alpha value is -1.77. The molecule has 100 valence electrons. The van der Waals surface area contributed by atoms with Crippen LogP contribution in [0.1, 0.15) is 32.1 Å². The molecule has 3 nitrogen and oxygen atoms in total. The maximum absolute atomic E-state index is 4.17. The zero-order valence-corrected chi connectivity index (χ0v) is 11.2. The van der Waals surface area contributed by atoms with Crippen molar-refractivity contribution in [1.29, 1.82) is 0 Å². The van der Waals surface area contributed by atoms with Crippen LogP contribution in [-0.4, -0.2) is 16.7 Å². The molecule has 0 aliphatic heterocycles. The van der Waals surface area contributed by atoms with Crippen LogP contribution in [0.3, 0.4) is 0 Å². The Morgan fingerprint density at radius 1 is 1.11 bits per heavy atom. The number of hydrogen-bond acceptors (Lipinski definition) is 2. The summed E-state index contributed by atoms with van der Waals surface area (Å²) >= 11 is 0. The van der Waals surface area contributed by atoms with Crippen LogP contribution in [-0.2, 0) is 0 Å². The highest BCUT2D eigenvalue weighted by atomic mass is 15.2. The smallest absolute Gasteiger partial charge is 0.129 e. The molecule has 1 heterocycles. The van der Waals surface area contributed by atoms with Crippen LogP contribution in [0.2, 0.25) is 0 Å². The summed E-state index contributed by atoms with van der Waals surface area (Å²) in [6.07, 6.45) is 8.82. The third kappa shape index (κ3) is 2.98. The van der Waals surface area contributed by atoms with Crippen molar-refractivity contribution in [1.82, 2.24) is 10.2 Å². The van der Waals surface area contributed by atoms with Gasteiger partial charge in [-0.1, -0.05) is 49.6 Å². The first-order chi connectivity index (χ1) is 9.43. The average Bonchev–Trinajstić information content (AvgIpc) is 2.95. The van der Waals surface area contributed by atoms with E-state index < -0.39 is 0 Å². The van der Waals surface area contributed by atoms with Crippen molar-refractivity contribution in [3.63, 3.8) is 0 Å². The molecule has 0 unspecified atom stereocenters. The highest BCUT2D eigenvalue weighted by molar-refractivity contribution is 5.74. The molecular formula is C16H21N3. The first kappa shape index (κ1) is 12.3. The van der Waals surface area contributed by atoms with Gasteiger partial charge in [0, 0.05) is 12.1 Å². The van der Waals surface area contributed by atoms with Crippen molar-refractivity contribution in [3.8, 4) is 11.1 Å². The van der Waals surface area contributed by atoms with Crippen LogP contribution in [0.5, 0.6) is 0 Å². The first-order valence-corrected chi connectivity index (χ1v) is 7.26. The third-order valence-corrected chi connectivity index (χ3v) is 4.02. The quantitative estimate of drug-likeness (QED) is 0.864. The van der Waals surface area contributed by atoms with Gasteiger partial charge in [-0.05, 0) is 24.3 Å². The fraction of sp³-hybridized carbons (Fsp3) is 0.438. The van der Waals surface area contributed by atoms with E-state index in [4.69, 9.17) is 0 Å². The maximum Gasteiger partial charge on any atom is 0.129 e. The van der Waals surface area contributed by atoms with E-state index in [1.165, 1.54) is 37.7 Å². The zero-order chi connectivity index (χ0) is 12.9. The number of H-pyrrole nitrogens is 1. The molecule has 1 aliphatic carbocycles. The van der Waals surface area contributed by atoms with Crippen molar-refractivity contribution in [2.45, 2.75) is 32.1 Å². The van der Waals surface area contributed by atoms with Crippen molar-refractivity contribution < 1.29 is 0 Å². The molecule has 2 N–H and O–H groups in total. The maximum atomic E-state index is 4.17. The van der Waals surface area contributed by atoms with Crippen LogP contribution in [0.15, 0.2) is 36.5 Å². The van der Waals surface area contributed by atoms with Crippen molar-refractivity contribution in [2.75, 3.05) is 11.9 Å². The topological polar surface area (TPSA) is 40.7 Å². The molecule has 0 radical (unpaired) electrons. The number of rotatable bonds is 4. The highest BCUT2D eigenvalue weighted by Crippen LogP contribution is 2.27. The molecular weight excluding hydrogens is 234 g/mol. The molecule has 3 heteroatoms. The molecule has 0 atom stereocenters. The lowest BCUT2D eigenvalue weighted by Crippen LogP contribution is -2.17. The Bertz CT molecular complexity index is 498. The lowest BCUT2D eigenvalue weighted by atomic mass is 9.89. The minimum atomic E-state index is 0.820. The fourth-order valence-electron chi connectivity index (χ4n) is 2.90. The normalized spacial score (nSPS) is 16.4. The van der Waals surface area contributed by atoms with Crippen LogP contribution in [0.25, 0.3) is 11.1 Å². The average molecular weight is 255 g/mol. The standard InChI is InChI=1S/C16H21N3/c1-3-7-13(8-4-1)11-17-16-15(12-18-19-16)14-9-5-2-6-10-14/h2,5-6,9-10,12-13H,1,3-4,7-8,11H2,(H2,17,18,19). The Morgan fingerprint density at radius 2 is 1.89 bits per heavy atom. The second kappa shape index (κ2) is 5.91. The molecule has 1 aromatic heterocycles. The molecule has 2 aromatic rings. The molecule has 0 saturated heterocycles. The summed E-state index contributed by atoms with van der Waals surface area (Å²) in [5.41, 5.74) is 2.37. The van der Waals surface area contributed by atoms with Gasteiger partial charge in [0.1, 0.15) is 5.82 Å². The molecule has 19 heavy (non-hydrogen) atoms. The van der Waals surface area contributed by atoms with Gasteiger partial charge in [0.05, 0.1) is 6.20 Å². The highest BCUT2D eigenvalue weighted by Gasteiger charge is 2.14. The van der Waals surface area contributed by atoms with E-state index in [9.17, 15) is 0 Å². The number of nitrogens with one attached hydrogen (secondary N) is 2. The minimum absolute atomic E-state index is 0.820. The summed E-state index contributed by atoms with van der Waals surface area (Å²) in [4.78, 5) is 0. The predicted molar refractivity (Wildman–Crippen MR) is 79.1 cm³/mol. The second-order valence-corrected chi connectivity index (χ2v) is 5.41. The number of nitrogens with zero attached hydrogens (tertiary/aromatic N) is 1. The molecule has 1 fully saturated rings. The lowest BCUT2D eigenvalue weighted by molar-refractivity contribution is 0.373. The van der Waals surface area contributed by atoms with E-state index in [0.29, 0.717) is 0 Å². The Balaban J connectivity index is 1.67. The van der Waals surface area contributed by atoms with Gasteiger partial charge < -0.3 is 5.32 Å². The van der Waals surface area contributed by atoms with Crippen LogP contribution >= 0.6 is 0 Å². The SMILES string of the molecule is c1ccc(-c2cn[nH]c2NCC2CCCCC2)cc1. The van der Waals surface area contributed by atoms with E-state index in [1.807, 2.05) is 12.3 Å². The number of aromatic nitrogens is 2. The summed E-state index contributed by atoms with van der Waals surface area (Å²) < 4.78 is 0. The molecule has 1 saturated carbocycles. The lowest BCUT2D eigenvalue weighted by Gasteiger charge is -2.22. The molecule has 1 aromatic carbocycles. The van der Waals surface area contributed by atoms with E-state index in [-0.39, 0.29) is 0 Å². The van der Waals surface area contributed by atoms with E-state index >= 15 is 0 Å². The van der Waals surface area contributed by atoms with Gasteiger partial charge in [0.25, 0.3) is 0 Å². The van der Waals surface area contributed by atoms with E-state index in [2.05, 4.69) is 39.8 Å². The van der Waals surface area contributed by atoms with Crippen molar-refractivity contribution >= 4 is 5.82 Å². The van der Waals surface area contributed by atoms with Crippen LogP contribution in [0, 0.1) is 5.92 Å². The van der Waals surface area contributed by atoms with Gasteiger partial charge in [-0.2, -0.15) is 5.10 Å². The van der Waals surface area contributed by atoms with Crippen molar-refractivity contribution in [3.05, 3.63) is 36.5 Å². The van der Waals surface area contributed by atoms with Crippen LogP contribution in [0.4, 0.5) is 5.82 Å². The summed E-state index contributed by atoms with van der Waals surface area (Å²) in [6.45, 7) is 1.06. The Kier molecular flexibility index (Phi) is 3.82. The summed E-state index contributed by atoms with van der Waals surface area (Å²) in [6, 6.07) is 10.4. The van der Waals surface area contributed by atoms with Gasteiger partial charge in [0.2, 0.25) is 0 Å². The summed E-state index contributed by atoms with van der Waals surface area (Å²) in [7, 11) is 0. The monoisotopic (exact) mass is 255 g/mol. The van der Waals surface area contributed by atoms with Gasteiger partial charge in [-0.3, -0.25) is 5.10 Å². The molecule has 0 bridgehead atoms. The van der Waals surface area contributed by atoms with E-state index in [1.54, 1.807) is 0 Å². The minimum Gasteiger partial charge on any atom is -0.370 e. The number of benzene rings is 1. The van der Waals surface area contributed by atoms with Crippen LogP contribution < -0.4 is 5.32 Å². The van der Waals surface area contributed by atoms with Crippen molar-refractivity contribution in [2.24, 2.45) is 5.92 Å². The number of anilines is 1. The fourth-order valence-corrected chi connectivity index (χ4v) is 2.90. The molecule has 3 rings (SSSR count). The van der Waals surface area contributed by atoms with Gasteiger partial charge in [-0.15, -0.1) is 0 Å². The summed E-state index contributed by atoms with van der Waals surface area (Å²) in [5.74, 6) is 1.87. The van der Waals surface area contributed by atoms with Gasteiger partial charge in [0.15, 0.2) is 0 Å². The van der Waals surface area contributed by atoms with Gasteiger partial charge in [-0.25, -0.2) is 0 Å². The summed E-state index contributed by atoms with van der Waals surface area (Å²) in [5, 5.41) is 10.8. The number of aromatic amines is 1. The Morgan fingerprint density at radius 3 is 2.68 bits per heavy atom. The molecule has 0 amide bonds. The largest absolute Gasteiger partial charge is 0.370 e. The first-order valence-electron chi connectivity index (χ1n) is 7.26. The third-order valence-electron chi connectivity index (χ3n) is 4.02.